The third-order valence-electron chi connectivity index (χ3n) is 3.99. The molecule has 1 aromatic rings. The van der Waals surface area contributed by atoms with Crippen LogP contribution < -0.4 is 21.7 Å². The predicted molar refractivity (Wildman–Crippen MR) is 94.6 cm³/mol. The number of carbonyl (C=O) groups excluding carboxylic acids is 3. The summed E-state index contributed by atoms with van der Waals surface area (Å²) in [5.41, 5.74) is 5.51. The average Bonchev–Trinajstić information content (AvgIpc) is 3.14. The molecule has 2 rings (SSSR count). The van der Waals surface area contributed by atoms with Crippen LogP contribution in [0.5, 0.6) is 0 Å². The molecule has 0 spiro atoms. The molecule has 12 nitrogen and oxygen atoms in total. The lowest BCUT2D eigenvalue weighted by atomic mass is 10.1. The first kappa shape index (κ1) is 20.0. The standard InChI is InChI=1S/C15H23N7O5/c1-8(13(25)26)5-18-11(23)7-22-12(24)9(20-15(22)27)3-2-4-17-14-19-6-10(16)21-14/h6,8-9H,2-5,7,16H2,1H3,(H,18,23)(H,20,27)(H,25,26)(H2,17,19,21). The van der Waals surface area contributed by atoms with Crippen molar-refractivity contribution in [1.29, 1.82) is 0 Å². The monoisotopic (exact) mass is 381 g/mol. The van der Waals surface area contributed by atoms with Crippen molar-refractivity contribution in [1.82, 2.24) is 25.5 Å². The zero-order valence-electron chi connectivity index (χ0n) is 14.8. The number of amides is 4. The van der Waals surface area contributed by atoms with Crippen LogP contribution in [0, 0.1) is 5.92 Å². The van der Waals surface area contributed by atoms with Gasteiger partial charge in [0, 0.05) is 13.1 Å². The number of carboxylic acid groups (broad SMARTS) is 1. The number of imidazole rings is 1. The minimum absolute atomic E-state index is 0.0792. The highest BCUT2D eigenvalue weighted by molar-refractivity contribution is 6.06. The first-order valence-corrected chi connectivity index (χ1v) is 8.43. The van der Waals surface area contributed by atoms with Gasteiger partial charge in [0.25, 0.3) is 5.91 Å². The van der Waals surface area contributed by atoms with Crippen LogP contribution >= 0.6 is 0 Å². The lowest BCUT2D eigenvalue weighted by Crippen LogP contribution is -2.42. The Labute approximate surface area is 154 Å². The number of anilines is 2. The van der Waals surface area contributed by atoms with Crippen LogP contribution in [0.3, 0.4) is 0 Å². The van der Waals surface area contributed by atoms with E-state index < -0.39 is 42.3 Å². The number of hydrogen-bond donors (Lipinski definition) is 6. The number of nitrogens with one attached hydrogen (secondary N) is 4. The largest absolute Gasteiger partial charge is 0.481 e. The topological polar surface area (TPSA) is 183 Å². The maximum atomic E-state index is 12.3. The Hall–Kier alpha value is -3.31. The summed E-state index contributed by atoms with van der Waals surface area (Å²) in [5, 5.41) is 16.7. The van der Waals surface area contributed by atoms with E-state index >= 15 is 0 Å². The lowest BCUT2D eigenvalue weighted by Gasteiger charge is -2.14. The molecule has 0 aromatic carbocycles. The molecule has 0 saturated carbocycles. The summed E-state index contributed by atoms with van der Waals surface area (Å²) in [6.45, 7) is 1.43. The van der Waals surface area contributed by atoms with Gasteiger partial charge in [0.15, 0.2) is 0 Å². The van der Waals surface area contributed by atoms with Crippen LogP contribution in [0.1, 0.15) is 19.8 Å². The molecule has 1 saturated heterocycles. The Morgan fingerprint density at radius 3 is 2.81 bits per heavy atom. The number of rotatable bonds is 10. The molecule has 0 aliphatic carbocycles. The minimum atomic E-state index is -1.05. The van der Waals surface area contributed by atoms with Crippen LogP contribution in [0.4, 0.5) is 16.6 Å². The molecule has 1 aliphatic heterocycles. The molecule has 1 aromatic heterocycles. The van der Waals surface area contributed by atoms with E-state index in [-0.39, 0.29) is 6.54 Å². The molecule has 0 bridgehead atoms. The highest BCUT2D eigenvalue weighted by Crippen LogP contribution is 2.11. The van der Waals surface area contributed by atoms with Gasteiger partial charge in [-0.2, -0.15) is 0 Å². The van der Waals surface area contributed by atoms with Crippen LogP contribution in [0.25, 0.3) is 0 Å². The first-order valence-electron chi connectivity index (χ1n) is 8.43. The minimum Gasteiger partial charge on any atom is -0.481 e. The van der Waals surface area contributed by atoms with Crippen LogP contribution in [-0.2, 0) is 14.4 Å². The normalized spacial score (nSPS) is 17.5. The van der Waals surface area contributed by atoms with Gasteiger partial charge in [0.05, 0.1) is 12.1 Å². The number of carbonyl (C=O) groups is 4. The molecular formula is C15H23N7O5. The van der Waals surface area contributed by atoms with E-state index in [4.69, 9.17) is 10.8 Å². The molecule has 7 N–H and O–H groups in total. The molecule has 4 amide bonds. The van der Waals surface area contributed by atoms with Gasteiger partial charge in [0.2, 0.25) is 11.9 Å². The average molecular weight is 381 g/mol. The SMILES string of the molecule is CC(CNC(=O)CN1C(=O)NC(CCCNc2ncc(N)[nH]2)C1=O)C(=O)O. The summed E-state index contributed by atoms with van der Waals surface area (Å²) >= 11 is 0. The summed E-state index contributed by atoms with van der Waals surface area (Å²) in [7, 11) is 0. The van der Waals surface area contributed by atoms with Gasteiger partial charge in [-0.3, -0.25) is 19.3 Å². The van der Waals surface area contributed by atoms with Gasteiger partial charge >= 0.3 is 12.0 Å². The van der Waals surface area contributed by atoms with Gasteiger partial charge < -0.3 is 31.8 Å². The Morgan fingerprint density at radius 1 is 1.44 bits per heavy atom. The number of nitrogens with two attached hydrogens (primary N) is 1. The highest BCUT2D eigenvalue weighted by atomic mass is 16.4. The Morgan fingerprint density at radius 2 is 2.19 bits per heavy atom. The van der Waals surface area contributed by atoms with E-state index in [0.717, 1.165) is 4.90 Å². The number of carboxylic acids is 1. The number of nitrogen functional groups attached to an aromatic ring is 1. The highest BCUT2D eigenvalue weighted by Gasteiger charge is 2.38. The second-order valence-corrected chi connectivity index (χ2v) is 6.23. The Kier molecular flexibility index (Phi) is 6.57. The summed E-state index contributed by atoms with van der Waals surface area (Å²) in [6.07, 6.45) is 2.44. The molecule has 2 heterocycles. The van der Waals surface area contributed by atoms with Crippen LogP contribution in [-0.4, -0.2) is 69.5 Å². The number of imide groups is 1. The molecule has 148 valence electrons. The predicted octanol–water partition coefficient (Wildman–Crippen LogP) is -1.06. The number of hydrogen-bond acceptors (Lipinski definition) is 7. The summed E-state index contributed by atoms with van der Waals surface area (Å²) in [6, 6.07) is -1.34. The van der Waals surface area contributed by atoms with Gasteiger partial charge in [-0.25, -0.2) is 9.78 Å². The van der Waals surface area contributed by atoms with Gasteiger partial charge in [-0.15, -0.1) is 0 Å². The second kappa shape index (κ2) is 8.87. The van der Waals surface area contributed by atoms with Crippen molar-refractivity contribution in [2.45, 2.75) is 25.8 Å². The fourth-order valence-corrected chi connectivity index (χ4v) is 2.41. The number of H-pyrrole nitrogens is 1. The van der Waals surface area contributed by atoms with Crippen molar-refractivity contribution >= 4 is 35.6 Å². The quantitative estimate of drug-likeness (QED) is 0.219. The number of aromatic amines is 1. The first-order chi connectivity index (χ1) is 12.8. The fraction of sp³-hybridized carbons (Fsp3) is 0.533. The number of aromatic nitrogens is 2. The van der Waals surface area contributed by atoms with Crippen molar-refractivity contribution in [2.75, 3.05) is 30.7 Å². The lowest BCUT2D eigenvalue weighted by molar-refractivity contribution is -0.141. The summed E-state index contributed by atoms with van der Waals surface area (Å²) < 4.78 is 0. The molecule has 27 heavy (non-hydrogen) atoms. The summed E-state index contributed by atoms with van der Waals surface area (Å²) in [5.74, 6) is -1.93. The van der Waals surface area contributed by atoms with Gasteiger partial charge in [-0.1, -0.05) is 6.92 Å². The van der Waals surface area contributed by atoms with E-state index in [1.54, 1.807) is 0 Å². The van der Waals surface area contributed by atoms with Crippen LogP contribution in [0.15, 0.2) is 6.20 Å². The van der Waals surface area contributed by atoms with E-state index in [1.165, 1.54) is 13.1 Å². The van der Waals surface area contributed by atoms with Crippen LogP contribution in [0.2, 0.25) is 0 Å². The molecule has 0 radical (unpaired) electrons. The third kappa shape index (κ3) is 5.59. The molecular weight excluding hydrogens is 358 g/mol. The number of nitrogens with zero attached hydrogens (tertiary/aromatic N) is 2. The molecule has 2 unspecified atom stereocenters. The summed E-state index contributed by atoms with van der Waals surface area (Å²) in [4.78, 5) is 54.4. The molecule has 1 aliphatic rings. The van der Waals surface area contributed by atoms with Crippen molar-refractivity contribution < 1.29 is 24.3 Å². The Bertz CT molecular complexity index is 719. The van der Waals surface area contributed by atoms with E-state index in [9.17, 15) is 19.2 Å². The van der Waals surface area contributed by atoms with Crippen molar-refractivity contribution in [3.63, 3.8) is 0 Å². The zero-order valence-corrected chi connectivity index (χ0v) is 14.8. The van der Waals surface area contributed by atoms with Crippen molar-refractivity contribution in [3.05, 3.63) is 6.20 Å². The van der Waals surface area contributed by atoms with Gasteiger partial charge in [0.1, 0.15) is 18.4 Å². The number of aliphatic carboxylic acids is 1. The molecule has 2 atom stereocenters. The second-order valence-electron chi connectivity index (χ2n) is 6.23. The van der Waals surface area contributed by atoms with E-state index in [0.29, 0.717) is 31.2 Å². The van der Waals surface area contributed by atoms with Crippen molar-refractivity contribution in [2.24, 2.45) is 5.92 Å². The molecule has 12 heteroatoms. The fourth-order valence-electron chi connectivity index (χ4n) is 2.41. The van der Waals surface area contributed by atoms with Gasteiger partial charge in [-0.05, 0) is 12.8 Å². The van der Waals surface area contributed by atoms with Crippen molar-refractivity contribution in [3.8, 4) is 0 Å². The smallest absolute Gasteiger partial charge is 0.325 e. The molecule has 1 fully saturated rings. The maximum absolute atomic E-state index is 12.3. The van der Waals surface area contributed by atoms with E-state index in [2.05, 4.69) is 25.9 Å². The van der Waals surface area contributed by atoms with E-state index in [1.807, 2.05) is 0 Å². The zero-order chi connectivity index (χ0) is 20.0. The number of urea groups is 1. The maximum Gasteiger partial charge on any atom is 0.325 e. The Balaban J connectivity index is 1.73. The third-order valence-corrected chi connectivity index (χ3v) is 3.99.